The number of halogens is 1. The molecule has 0 bridgehead atoms. The largest absolute Gasteiger partial charge is 0.497 e. The van der Waals surface area contributed by atoms with E-state index in [0.29, 0.717) is 11.7 Å². The Labute approximate surface area is 103 Å². The molecule has 5 heteroatoms. The molecule has 0 unspecified atom stereocenters. The monoisotopic (exact) mass is 254 g/mol. The van der Waals surface area contributed by atoms with E-state index in [1.807, 2.05) is 24.3 Å². The van der Waals surface area contributed by atoms with Crippen LogP contribution in [0.2, 0.25) is 5.15 Å². The molecule has 0 saturated carbocycles. The first-order valence-corrected chi connectivity index (χ1v) is 5.93. The molecular weight excluding hydrogens is 244 g/mol. The van der Waals surface area contributed by atoms with Gasteiger partial charge in [-0.15, -0.1) is 11.3 Å². The van der Waals surface area contributed by atoms with Crippen LogP contribution in [0.25, 0.3) is 10.6 Å². The number of hydrogen-bond acceptors (Lipinski definition) is 4. The van der Waals surface area contributed by atoms with Gasteiger partial charge in [-0.25, -0.2) is 4.98 Å². The predicted octanol–water partition coefficient (Wildman–Crippen LogP) is 2.93. The van der Waals surface area contributed by atoms with Crippen LogP contribution in [0.15, 0.2) is 24.3 Å². The summed E-state index contributed by atoms with van der Waals surface area (Å²) in [6, 6.07) is 7.70. The summed E-state index contributed by atoms with van der Waals surface area (Å²) < 4.78 is 5.09. The molecule has 2 aromatic rings. The number of methoxy groups -OCH3 is 1. The van der Waals surface area contributed by atoms with Crippen molar-refractivity contribution in [1.29, 1.82) is 0 Å². The Hall–Kier alpha value is -1.10. The van der Waals surface area contributed by atoms with Crippen LogP contribution in [0.1, 0.15) is 4.88 Å². The summed E-state index contributed by atoms with van der Waals surface area (Å²) in [6.07, 6.45) is 0. The molecule has 0 fully saturated rings. The first-order chi connectivity index (χ1) is 7.74. The lowest BCUT2D eigenvalue weighted by molar-refractivity contribution is 0.415. The van der Waals surface area contributed by atoms with Crippen molar-refractivity contribution in [3.05, 3.63) is 34.3 Å². The normalized spacial score (nSPS) is 10.4. The summed E-state index contributed by atoms with van der Waals surface area (Å²) >= 11 is 7.47. The van der Waals surface area contributed by atoms with E-state index in [-0.39, 0.29) is 0 Å². The minimum atomic E-state index is 0.423. The van der Waals surface area contributed by atoms with Gasteiger partial charge in [-0.3, -0.25) is 0 Å². The Morgan fingerprint density at radius 3 is 2.56 bits per heavy atom. The highest BCUT2D eigenvalue weighted by Gasteiger charge is 2.09. The molecule has 0 aliphatic rings. The molecule has 3 nitrogen and oxygen atoms in total. The molecule has 2 N–H and O–H groups in total. The van der Waals surface area contributed by atoms with Crippen molar-refractivity contribution in [3.63, 3.8) is 0 Å². The molecule has 0 aliphatic heterocycles. The van der Waals surface area contributed by atoms with Crippen LogP contribution < -0.4 is 10.5 Å². The highest BCUT2D eigenvalue weighted by molar-refractivity contribution is 7.15. The zero-order valence-corrected chi connectivity index (χ0v) is 10.3. The van der Waals surface area contributed by atoms with Gasteiger partial charge in [0.25, 0.3) is 0 Å². The number of benzene rings is 1. The van der Waals surface area contributed by atoms with Gasteiger partial charge in [-0.05, 0) is 24.3 Å². The van der Waals surface area contributed by atoms with Gasteiger partial charge in [0.1, 0.15) is 15.9 Å². The number of thiazole rings is 1. The summed E-state index contributed by atoms with van der Waals surface area (Å²) in [7, 11) is 1.64. The average Bonchev–Trinajstić information content (AvgIpc) is 2.71. The minimum Gasteiger partial charge on any atom is -0.497 e. The smallest absolute Gasteiger partial charge is 0.145 e. The number of ether oxygens (including phenoxy) is 1. The van der Waals surface area contributed by atoms with Crippen LogP contribution in [0.5, 0.6) is 5.75 Å². The third kappa shape index (κ3) is 2.19. The topological polar surface area (TPSA) is 48.1 Å². The van der Waals surface area contributed by atoms with Crippen molar-refractivity contribution in [2.24, 2.45) is 5.73 Å². The van der Waals surface area contributed by atoms with E-state index in [2.05, 4.69) is 4.98 Å². The molecular formula is C11H11ClN2OS. The molecule has 0 amide bonds. The van der Waals surface area contributed by atoms with Gasteiger partial charge in [-0.1, -0.05) is 11.6 Å². The third-order valence-electron chi connectivity index (χ3n) is 2.17. The lowest BCUT2D eigenvalue weighted by Gasteiger charge is -1.99. The Morgan fingerprint density at radius 2 is 2.06 bits per heavy atom. The van der Waals surface area contributed by atoms with Gasteiger partial charge in [0.15, 0.2) is 0 Å². The first-order valence-electron chi connectivity index (χ1n) is 4.74. The molecule has 1 aromatic heterocycles. The fraction of sp³-hybridized carbons (Fsp3) is 0.182. The average molecular weight is 255 g/mol. The van der Waals surface area contributed by atoms with E-state index < -0.39 is 0 Å². The molecule has 84 valence electrons. The number of nitrogens with two attached hydrogens (primary N) is 1. The predicted molar refractivity (Wildman–Crippen MR) is 67.0 cm³/mol. The van der Waals surface area contributed by atoms with Gasteiger partial charge in [0.2, 0.25) is 0 Å². The fourth-order valence-corrected chi connectivity index (χ4v) is 2.48. The van der Waals surface area contributed by atoms with Crippen molar-refractivity contribution in [1.82, 2.24) is 4.98 Å². The molecule has 1 aromatic carbocycles. The van der Waals surface area contributed by atoms with E-state index in [9.17, 15) is 0 Å². The molecule has 0 saturated heterocycles. The number of aromatic nitrogens is 1. The summed E-state index contributed by atoms with van der Waals surface area (Å²) in [6.45, 7) is 0.423. The van der Waals surface area contributed by atoms with Crippen molar-refractivity contribution in [2.45, 2.75) is 6.54 Å². The fourth-order valence-electron chi connectivity index (χ4n) is 1.32. The summed E-state index contributed by atoms with van der Waals surface area (Å²) in [4.78, 5) is 5.18. The lowest BCUT2D eigenvalue weighted by Crippen LogP contribution is -1.92. The SMILES string of the molecule is COc1ccc(-c2nc(Cl)c(CN)s2)cc1. The standard InChI is InChI=1S/C11H11ClN2OS/c1-15-8-4-2-7(3-5-8)11-14-10(12)9(6-13)16-11/h2-5H,6,13H2,1H3. The summed E-state index contributed by atoms with van der Waals surface area (Å²) in [5, 5.41) is 1.38. The second-order valence-electron chi connectivity index (χ2n) is 3.17. The van der Waals surface area contributed by atoms with Crippen molar-refractivity contribution in [2.75, 3.05) is 7.11 Å². The number of hydrogen-bond donors (Lipinski definition) is 1. The molecule has 0 aliphatic carbocycles. The Kier molecular flexibility index (Phi) is 3.43. The van der Waals surface area contributed by atoms with Crippen LogP contribution in [-0.4, -0.2) is 12.1 Å². The van der Waals surface area contributed by atoms with Crippen LogP contribution >= 0.6 is 22.9 Å². The molecule has 0 spiro atoms. The van der Waals surface area contributed by atoms with Gasteiger partial charge in [-0.2, -0.15) is 0 Å². The lowest BCUT2D eigenvalue weighted by atomic mass is 10.2. The van der Waals surface area contributed by atoms with Crippen LogP contribution in [0, 0.1) is 0 Å². The van der Waals surface area contributed by atoms with Crippen molar-refractivity contribution in [3.8, 4) is 16.3 Å². The van der Waals surface area contributed by atoms with Gasteiger partial charge in [0, 0.05) is 12.1 Å². The highest BCUT2D eigenvalue weighted by atomic mass is 35.5. The van der Waals surface area contributed by atoms with E-state index in [4.69, 9.17) is 22.1 Å². The van der Waals surface area contributed by atoms with E-state index in [1.54, 1.807) is 7.11 Å². The maximum atomic E-state index is 5.95. The Bertz CT molecular complexity index is 481. The van der Waals surface area contributed by atoms with Crippen molar-refractivity contribution < 1.29 is 4.74 Å². The van der Waals surface area contributed by atoms with Crippen molar-refractivity contribution >= 4 is 22.9 Å². The Balaban J connectivity index is 2.34. The first kappa shape index (κ1) is 11.4. The van der Waals surface area contributed by atoms with Crippen LogP contribution in [0.4, 0.5) is 0 Å². The summed E-state index contributed by atoms with van der Waals surface area (Å²) in [5.74, 6) is 0.824. The molecule has 16 heavy (non-hydrogen) atoms. The van der Waals surface area contributed by atoms with E-state index >= 15 is 0 Å². The molecule has 0 atom stereocenters. The third-order valence-corrected chi connectivity index (χ3v) is 3.72. The van der Waals surface area contributed by atoms with Crippen LogP contribution in [0.3, 0.4) is 0 Å². The quantitative estimate of drug-likeness (QED) is 0.916. The van der Waals surface area contributed by atoms with Gasteiger partial charge < -0.3 is 10.5 Å². The maximum Gasteiger partial charge on any atom is 0.145 e. The summed E-state index contributed by atoms with van der Waals surface area (Å²) in [5.41, 5.74) is 6.57. The molecule has 2 rings (SSSR count). The minimum absolute atomic E-state index is 0.423. The maximum absolute atomic E-state index is 5.95. The second kappa shape index (κ2) is 4.82. The van der Waals surface area contributed by atoms with Gasteiger partial charge in [0.05, 0.1) is 12.0 Å². The zero-order valence-electron chi connectivity index (χ0n) is 8.74. The van der Waals surface area contributed by atoms with E-state index in [1.165, 1.54) is 11.3 Å². The molecule has 1 heterocycles. The number of rotatable bonds is 3. The Morgan fingerprint density at radius 1 is 1.38 bits per heavy atom. The number of nitrogens with zero attached hydrogens (tertiary/aromatic N) is 1. The zero-order chi connectivity index (χ0) is 11.5. The second-order valence-corrected chi connectivity index (χ2v) is 4.61. The van der Waals surface area contributed by atoms with E-state index in [0.717, 1.165) is 21.2 Å². The van der Waals surface area contributed by atoms with Gasteiger partial charge >= 0.3 is 0 Å². The highest BCUT2D eigenvalue weighted by Crippen LogP contribution is 2.31. The van der Waals surface area contributed by atoms with Crippen LogP contribution in [-0.2, 0) is 6.54 Å². The molecule has 0 radical (unpaired) electrons.